The molecule has 1 saturated carbocycles. The van der Waals surface area contributed by atoms with Gasteiger partial charge in [-0.3, -0.25) is 0 Å². The van der Waals surface area contributed by atoms with Crippen molar-refractivity contribution < 1.29 is 18.0 Å². The molecule has 1 N–H and O–H groups in total. The van der Waals surface area contributed by atoms with Crippen LogP contribution in [0.3, 0.4) is 0 Å². The molecule has 1 aliphatic carbocycles. The molecule has 3 aromatic rings. The molecule has 1 fully saturated rings. The largest absolute Gasteiger partial charge is 0.416 e. The van der Waals surface area contributed by atoms with E-state index in [1.807, 2.05) is 53.2 Å². The van der Waals surface area contributed by atoms with Crippen molar-refractivity contribution in [3.8, 4) is 0 Å². The van der Waals surface area contributed by atoms with Crippen LogP contribution in [0, 0.1) is 0 Å². The average molecular weight is 470 g/mol. The Hall–Kier alpha value is -3.22. The van der Waals surface area contributed by atoms with Crippen LogP contribution >= 0.6 is 0 Å². The zero-order valence-corrected chi connectivity index (χ0v) is 19.1. The first-order chi connectivity index (χ1) is 16.4. The standard InChI is InChI=1S/C27H30F3N3O/c28-27(29,30)23-12-7-11-22(17-23)19-32-16-8-15-25(32)20-33(18-21-9-3-1-4-10-21)26(34)31-24-13-5-2-6-14-24/h1,3-4,7-12,15-17,24H,2,5-6,13-14,18-20H2,(H,31,34). The summed E-state index contributed by atoms with van der Waals surface area (Å²) in [4.78, 5) is 15.0. The number of halogens is 3. The van der Waals surface area contributed by atoms with Gasteiger partial charge in [-0.15, -0.1) is 0 Å². The van der Waals surface area contributed by atoms with Crippen molar-refractivity contribution in [1.29, 1.82) is 0 Å². The summed E-state index contributed by atoms with van der Waals surface area (Å²) in [5.74, 6) is 0. The van der Waals surface area contributed by atoms with E-state index in [2.05, 4.69) is 5.32 Å². The number of hydrogen-bond donors (Lipinski definition) is 1. The molecule has 4 nitrogen and oxygen atoms in total. The third kappa shape index (κ3) is 6.43. The smallest absolute Gasteiger partial charge is 0.345 e. The van der Waals surface area contributed by atoms with Gasteiger partial charge in [-0.05, 0) is 48.2 Å². The van der Waals surface area contributed by atoms with Crippen LogP contribution in [0.5, 0.6) is 0 Å². The molecule has 0 aliphatic heterocycles. The second-order valence-electron chi connectivity index (χ2n) is 8.95. The molecule has 7 heteroatoms. The Morgan fingerprint density at radius 1 is 0.912 bits per heavy atom. The fourth-order valence-corrected chi connectivity index (χ4v) is 4.50. The van der Waals surface area contributed by atoms with E-state index in [1.54, 1.807) is 11.0 Å². The monoisotopic (exact) mass is 469 g/mol. The third-order valence-electron chi connectivity index (χ3n) is 6.32. The highest BCUT2D eigenvalue weighted by atomic mass is 19.4. The minimum absolute atomic E-state index is 0.109. The van der Waals surface area contributed by atoms with Gasteiger partial charge in [0.25, 0.3) is 0 Å². The molecule has 0 spiro atoms. The summed E-state index contributed by atoms with van der Waals surface area (Å²) in [6.07, 6.45) is 2.93. The van der Waals surface area contributed by atoms with Gasteiger partial charge >= 0.3 is 12.2 Å². The molecular formula is C27H30F3N3O. The zero-order chi connectivity index (χ0) is 24.0. The highest BCUT2D eigenvalue weighted by molar-refractivity contribution is 5.74. The fourth-order valence-electron chi connectivity index (χ4n) is 4.50. The maximum absolute atomic E-state index is 13.2. The van der Waals surface area contributed by atoms with Gasteiger partial charge in [0.1, 0.15) is 0 Å². The number of benzene rings is 2. The van der Waals surface area contributed by atoms with E-state index in [1.165, 1.54) is 18.6 Å². The van der Waals surface area contributed by atoms with Gasteiger partial charge in [0, 0.05) is 31.0 Å². The normalized spacial score (nSPS) is 14.7. The van der Waals surface area contributed by atoms with Gasteiger partial charge in [-0.1, -0.05) is 61.7 Å². The van der Waals surface area contributed by atoms with Gasteiger partial charge in [0.05, 0.1) is 12.1 Å². The minimum Gasteiger partial charge on any atom is -0.345 e. The molecule has 0 bridgehead atoms. The summed E-state index contributed by atoms with van der Waals surface area (Å²) in [7, 11) is 0. The molecule has 4 rings (SSSR count). The first kappa shape index (κ1) is 23.9. The Bertz CT molecular complexity index is 1070. The molecule has 1 heterocycles. The number of rotatable bonds is 7. The van der Waals surface area contributed by atoms with Crippen molar-refractivity contribution >= 4 is 6.03 Å². The Labute approximate surface area is 198 Å². The Balaban J connectivity index is 1.51. The lowest BCUT2D eigenvalue weighted by Gasteiger charge is -2.29. The summed E-state index contributed by atoms with van der Waals surface area (Å²) < 4.78 is 41.3. The number of nitrogens with zero attached hydrogens (tertiary/aromatic N) is 2. The van der Waals surface area contributed by atoms with Crippen LogP contribution in [-0.2, 0) is 25.8 Å². The summed E-state index contributed by atoms with van der Waals surface area (Å²) in [5, 5.41) is 3.20. The van der Waals surface area contributed by atoms with Crippen LogP contribution in [0.15, 0.2) is 72.9 Å². The Kier molecular flexibility index (Phi) is 7.60. The summed E-state index contributed by atoms with van der Waals surface area (Å²) in [6, 6.07) is 19.1. The predicted octanol–water partition coefficient (Wildman–Crippen LogP) is 6.60. The van der Waals surface area contributed by atoms with E-state index in [0.29, 0.717) is 25.2 Å². The van der Waals surface area contributed by atoms with Crippen LogP contribution in [0.2, 0.25) is 0 Å². The van der Waals surface area contributed by atoms with E-state index in [-0.39, 0.29) is 12.1 Å². The molecular weight excluding hydrogens is 439 g/mol. The van der Waals surface area contributed by atoms with Gasteiger partial charge in [0.15, 0.2) is 0 Å². The second kappa shape index (κ2) is 10.8. The highest BCUT2D eigenvalue weighted by Gasteiger charge is 2.30. The van der Waals surface area contributed by atoms with Crippen molar-refractivity contribution in [2.24, 2.45) is 0 Å². The summed E-state index contributed by atoms with van der Waals surface area (Å²) in [5.41, 5.74) is 1.80. The van der Waals surface area contributed by atoms with Crippen molar-refractivity contribution in [2.75, 3.05) is 0 Å². The SMILES string of the molecule is O=C(NC1CCCCC1)N(Cc1ccccc1)Cc1cccn1Cc1cccc(C(F)(F)F)c1. The molecule has 1 aromatic heterocycles. The van der Waals surface area contributed by atoms with Crippen LogP contribution in [-0.4, -0.2) is 21.5 Å². The van der Waals surface area contributed by atoms with Crippen molar-refractivity contribution in [3.05, 3.63) is 95.3 Å². The summed E-state index contributed by atoms with van der Waals surface area (Å²) >= 11 is 0. The van der Waals surface area contributed by atoms with Gasteiger partial charge in [-0.25, -0.2) is 4.79 Å². The number of hydrogen-bond acceptors (Lipinski definition) is 1. The van der Waals surface area contributed by atoms with Crippen LogP contribution < -0.4 is 5.32 Å². The maximum Gasteiger partial charge on any atom is 0.416 e. The number of nitrogens with one attached hydrogen (secondary N) is 1. The maximum atomic E-state index is 13.2. The Morgan fingerprint density at radius 2 is 1.65 bits per heavy atom. The zero-order valence-electron chi connectivity index (χ0n) is 19.1. The quantitative estimate of drug-likeness (QED) is 0.416. The number of alkyl halides is 3. The lowest BCUT2D eigenvalue weighted by atomic mass is 9.96. The summed E-state index contributed by atoms with van der Waals surface area (Å²) in [6.45, 7) is 1.11. The van der Waals surface area contributed by atoms with Crippen molar-refractivity contribution in [1.82, 2.24) is 14.8 Å². The second-order valence-corrected chi connectivity index (χ2v) is 8.95. The van der Waals surface area contributed by atoms with Crippen LogP contribution in [0.1, 0.15) is 54.5 Å². The fraction of sp³-hybridized carbons (Fsp3) is 0.370. The minimum atomic E-state index is -4.38. The number of carbonyl (C=O) groups is 1. The molecule has 1 aliphatic rings. The molecule has 34 heavy (non-hydrogen) atoms. The van der Waals surface area contributed by atoms with Gasteiger partial charge < -0.3 is 14.8 Å². The molecule has 0 unspecified atom stereocenters. The first-order valence-electron chi connectivity index (χ1n) is 11.8. The number of carbonyl (C=O) groups excluding carboxylic acids is 1. The number of amides is 2. The van der Waals surface area contributed by atoms with E-state index in [9.17, 15) is 18.0 Å². The average Bonchev–Trinajstić information content (AvgIpc) is 3.26. The van der Waals surface area contributed by atoms with Crippen molar-refractivity contribution in [2.45, 2.75) is 64.0 Å². The van der Waals surface area contributed by atoms with Crippen LogP contribution in [0.25, 0.3) is 0 Å². The third-order valence-corrected chi connectivity index (χ3v) is 6.32. The van der Waals surface area contributed by atoms with Gasteiger partial charge in [0.2, 0.25) is 0 Å². The number of urea groups is 1. The van der Waals surface area contributed by atoms with Gasteiger partial charge in [-0.2, -0.15) is 13.2 Å². The predicted molar refractivity (Wildman–Crippen MR) is 126 cm³/mol. The lowest BCUT2D eigenvalue weighted by molar-refractivity contribution is -0.137. The lowest BCUT2D eigenvalue weighted by Crippen LogP contribution is -2.45. The molecule has 180 valence electrons. The van der Waals surface area contributed by atoms with E-state index < -0.39 is 11.7 Å². The van der Waals surface area contributed by atoms with E-state index in [0.717, 1.165) is 43.0 Å². The van der Waals surface area contributed by atoms with E-state index >= 15 is 0 Å². The Morgan fingerprint density at radius 3 is 2.38 bits per heavy atom. The molecule has 0 radical (unpaired) electrons. The molecule has 0 saturated heterocycles. The molecule has 2 aromatic carbocycles. The number of aromatic nitrogens is 1. The molecule has 0 atom stereocenters. The van der Waals surface area contributed by atoms with E-state index in [4.69, 9.17) is 0 Å². The van der Waals surface area contributed by atoms with Crippen LogP contribution in [0.4, 0.5) is 18.0 Å². The topological polar surface area (TPSA) is 37.3 Å². The highest BCUT2D eigenvalue weighted by Crippen LogP contribution is 2.30. The van der Waals surface area contributed by atoms with Crippen molar-refractivity contribution in [3.63, 3.8) is 0 Å². The molecule has 2 amide bonds. The first-order valence-corrected chi connectivity index (χ1v) is 11.8.